The molecular formula is C19H17FN2O6. The molecule has 1 aliphatic heterocycles. The third-order valence-corrected chi connectivity index (χ3v) is 3.82. The molecule has 0 saturated carbocycles. The third kappa shape index (κ3) is 4.76. The molecule has 1 atom stereocenters. The van der Waals surface area contributed by atoms with Crippen molar-refractivity contribution in [3.63, 3.8) is 0 Å². The van der Waals surface area contributed by atoms with Crippen LogP contribution in [-0.2, 0) is 14.3 Å². The molecule has 9 heteroatoms. The van der Waals surface area contributed by atoms with Gasteiger partial charge in [-0.1, -0.05) is 0 Å². The number of nitrogens with one attached hydrogen (secondary N) is 2. The molecule has 0 bridgehead atoms. The first kappa shape index (κ1) is 19.2. The van der Waals surface area contributed by atoms with Gasteiger partial charge in [-0.2, -0.15) is 0 Å². The zero-order valence-electron chi connectivity index (χ0n) is 14.9. The van der Waals surface area contributed by atoms with Gasteiger partial charge in [-0.25, -0.2) is 4.39 Å². The summed E-state index contributed by atoms with van der Waals surface area (Å²) in [6.07, 6.45) is -1.08. The number of hydrogen-bond acceptors (Lipinski definition) is 6. The van der Waals surface area contributed by atoms with Gasteiger partial charge in [-0.05, 0) is 43.3 Å². The fourth-order valence-electron chi connectivity index (χ4n) is 2.37. The van der Waals surface area contributed by atoms with Gasteiger partial charge in [0.2, 0.25) is 6.79 Å². The van der Waals surface area contributed by atoms with Gasteiger partial charge in [0, 0.05) is 17.3 Å². The molecule has 2 aromatic rings. The van der Waals surface area contributed by atoms with Gasteiger partial charge in [0.1, 0.15) is 12.4 Å². The van der Waals surface area contributed by atoms with Crippen LogP contribution in [-0.4, -0.2) is 37.2 Å². The summed E-state index contributed by atoms with van der Waals surface area (Å²) in [7, 11) is 0. The molecule has 1 heterocycles. The second-order valence-corrected chi connectivity index (χ2v) is 5.88. The third-order valence-electron chi connectivity index (χ3n) is 3.82. The van der Waals surface area contributed by atoms with Gasteiger partial charge in [-0.3, -0.25) is 14.4 Å². The van der Waals surface area contributed by atoms with Crippen molar-refractivity contribution in [3.05, 3.63) is 53.8 Å². The Morgan fingerprint density at radius 1 is 1.11 bits per heavy atom. The molecule has 0 aliphatic carbocycles. The molecule has 146 valence electrons. The number of esters is 1. The van der Waals surface area contributed by atoms with Crippen molar-refractivity contribution in [2.24, 2.45) is 0 Å². The monoisotopic (exact) mass is 388 g/mol. The van der Waals surface area contributed by atoms with E-state index in [4.69, 9.17) is 14.2 Å². The Labute approximate surface area is 159 Å². The fraction of sp³-hybridized carbons (Fsp3) is 0.211. The van der Waals surface area contributed by atoms with Crippen LogP contribution >= 0.6 is 0 Å². The number of halogens is 1. The van der Waals surface area contributed by atoms with E-state index < -0.39 is 36.2 Å². The molecule has 8 nitrogen and oxygen atoms in total. The second-order valence-electron chi connectivity index (χ2n) is 5.88. The van der Waals surface area contributed by atoms with E-state index in [1.165, 1.54) is 19.1 Å². The lowest BCUT2D eigenvalue weighted by molar-refractivity contribution is -0.152. The van der Waals surface area contributed by atoms with Crippen LogP contribution in [0.3, 0.4) is 0 Å². The van der Waals surface area contributed by atoms with Crippen LogP contribution in [0, 0.1) is 5.82 Å². The van der Waals surface area contributed by atoms with Gasteiger partial charge in [0.25, 0.3) is 11.8 Å². The maximum Gasteiger partial charge on any atom is 0.326 e. The van der Waals surface area contributed by atoms with Crippen LogP contribution in [0.15, 0.2) is 42.5 Å². The number of ether oxygens (including phenoxy) is 3. The van der Waals surface area contributed by atoms with Crippen molar-refractivity contribution in [2.75, 3.05) is 18.7 Å². The van der Waals surface area contributed by atoms with Gasteiger partial charge >= 0.3 is 5.97 Å². The van der Waals surface area contributed by atoms with Crippen LogP contribution in [0.2, 0.25) is 0 Å². The number of hydrogen-bond donors (Lipinski definition) is 2. The summed E-state index contributed by atoms with van der Waals surface area (Å²) >= 11 is 0. The van der Waals surface area contributed by atoms with E-state index in [0.29, 0.717) is 17.2 Å². The predicted molar refractivity (Wildman–Crippen MR) is 95.5 cm³/mol. The molecular weight excluding hydrogens is 371 g/mol. The molecule has 3 rings (SSSR count). The van der Waals surface area contributed by atoms with Crippen molar-refractivity contribution >= 4 is 23.5 Å². The van der Waals surface area contributed by atoms with E-state index in [1.807, 2.05) is 0 Å². The van der Waals surface area contributed by atoms with E-state index in [-0.39, 0.29) is 12.4 Å². The first-order chi connectivity index (χ1) is 13.4. The number of fused-ring (bicyclic) bond motifs is 1. The molecule has 0 radical (unpaired) electrons. The Bertz CT molecular complexity index is 900. The Kier molecular flexibility index (Phi) is 5.73. The summed E-state index contributed by atoms with van der Waals surface area (Å²) < 4.78 is 28.3. The van der Waals surface area contributed by atoms with Crippen molar-refractivity contribution < 1.29 is 33.0 Å². The number of benzene rings is 2. The van der Waals surface area contributed by atoms with Crippen LogP contribution in [0.5, 0.6) is 11.5 Å². The highest BCUT2D eigenvalue weighted by molar-refractivity contribution is 5.97. The standard InChI is InChI=1S/C19H17FN2O6/c1-11(18(24)22-14-6-7-15-16(8-14)27-10-26-15)28-17(23)9-21-19(25)12-2-4-13(20)5-3-12/h2-8,11H,9-10H2,1H3,(H,21,25)(H,22,24)/t11-/m1/s1. The molecule has 0 unspecified atom stereocenters. The minimum Gasteiger partial charge on any atom is -0.454 e. The van der Waals surface area contributed by atoms with Crippen molar-refractivity contribution in [1.29, 1.82) is 0 Å². The second kappa shape index (κ2) is 8.38. The van der Waals surface area contributed by atoms with Gasteiger partial charge in [0.05, 0.1) is 0 Å². The zero-order valence-corrected chi connectivity index (χ0v) is 14.9. The minimum atomic E-state index is -1.08. The normalized spacial score (nSPS) is 12.8. The van der Waals surface area contributed by atoms with Crippen molar-refractivity contribution in [3.8, 4) is 11.5 Å². The highest BCUT2D eigenvalue weighted by atomic mass is 19.1. The average Bonchev–Trinajstić information content (AvgIpc) is 3.14. The Hall–Kier alpha value is -3.62. The van der Waals surface area contributed by atoms with E-state index in [9.17, 15) is 18.8 Å². The maximum atomic E-state index is 12.8. The van der Waals surface area contributed by atoms with E-state index in [2.05, 4.69) is 10.6 Å². The fourth-order valence-corrected chi connectivity index (χ4v) is 2.37. The quantitative estimate of drug-likeness (QED) is 0.733. The van der Waals surface area contributed by atoms with Gasteiger partial charge in [0.15, 0.2) is 17.6 Å². The molecule has 0 fully saturated rings. The SMILES string of the molecule is C[C@@H](OC(=O)CNC(=O)c1ccc(F)cc1)C(=O)Nc1ccc2c(c1)OCO2. The first-order valence-electron chi connectivity index (χ1n) is 8.36. The summed E-state index contributed by atoms with van der Waals surface area (Å²) in [5, 5.41) is 4.94. The topological polar surface area (TPSA) is 103 Å². The number of carbonyl (C=O) groups is 3. The van der Waals surface area contributed by atoms with Gasteiger partial charge < -0.3 is 24.8 Å². The van der Waals surface area contributed by atoms with Crippen LogP contribution in [0.1, 0.15) is 17.3 Å². The summed E-state index contributed by atoms with van der Waals surface area (Å²) in [5.41, 5.74) is 0.657. The molecule has 2 N–H and O–H groups in total. The Morgan fingerprint density at radius 2 is 1.82 bits per heavy atom. The summed E-state index contributed by atoms with van der Waals surface area (Å²) in [6.45, 7) is 1.09. The van der Waals surface area contributed by atoms with E-state index in [1.54, 1.807) is 18.2 Å². The number of rotatable bonds is 6. The Morgan fingerprint density at radius 3 is 2.57 bits per heavy atom. The van der Waals surface area contributed by atoms with Crippen LogP contribution < -0.4 is 20.1 Å². The molecule has 2 amide bonds. The molecule has 0 aromatic heterocycles. The first-order valence-corrected chi connectivity index (χ1v) is 8.36. The zero-order chi connectivity index (χ0) is 20.1. The number of anilines is 1. The average molecular weight is 388 g/mol. The summed E-state index contributed by atoms with van der Waals surface area (Å²) in [5.74, 6) is -1.28. The van der Waals surface area contributed by atoms with Crippen LogP contribution in [0.25, 0.3) is 0 Å². The highest BCUT2D eigenvalue weighted by Gasteiger charge is 2.20. The minimum absolute atomic E-state index is 0.115. The lowest BCUT2D eigenvalue weighted by Crippen LogP contribution is -2.35. The molecule has 1 aliphatic rings. The molecule has 0 saturated heterocycles. The number of carbonyl (C=O) groups excluding carboxylic acids is 3. The molecule has 0 spiro atoms. The molecule has 2 aromatic carbocycles. The largest absolute Gasteiger partial charge is 0.454 e. The van der Waals surface area contributed by atoms with Crippen molar-refractivity contribution in [1.82, 2.24) is 5.32 Å². The van der Waals surface area contributed by atoms with Gasteiger partial charge in [-0.15, -0.1) is 0 Å². The maximum absolute atomic E-state index is 12.8. The Balaban J connectivity index is 1.46. The smallest absolute Gasteiger partial charge is 0.326 e. The van der Waals surface area contributed by atoms with Crippen molar-refractivity contribution in [2.45, 2.75) is 13.0 Å². The summed E-state index contributed by atoms with van der Waals surface area (Å²) in [6, 6.07) is 9.72. The lowest BCUT2D eigenvalue weighted by Gasteiger charge is -2.14. The lowest BCUT2D eigenvalue weighted by atomic mass is 10.2. The highest BCUT2D eigenvalue weighted by Crippen LogP contribution is 2.34. The molecule has 28 heavy (non-hydrogen) atoms. The van der Waals surface area contributed by atoms with E-state index >= 15 is 0 Å². The number of amides is 2. The summed E-state index contributed by atoms with van der Waals surface area (Å²) in [4.78, 5) is 35.9. The van der Waals surface area contributed by atoms with E-state index in [0.717, 1.165) is 12.1 Å². The van der Waals surface area contributed by atoms with Crippen LogP contribution in [0.4, 0.5) is 10.1 Å². The predicted octanol–water partition coefficient (Wildman–Crippen LogP) is 1.85.